The summed E-state index contributed by atoms with van der Waals surface area (Å²) in [5, 5.41) is 6.37. The van der Waals surface area contributed by atoms with Crippen molar-refractivity contribution in [3.8, 4) is 12.0 Å². The van der Waals surface area contributed by atoms with Crippen molar-refractivity contribution in [2.24, 2.45) is 0 Å². The Morgan fingerprint density at radius 2 is 1.23 bits per heavy atom. The molecule has 13 heteroatoms. The average molecular weight is 548 g/mol. The van der Waals surface area contributed by atoms with Gasteiger partial charge in [0, 0.05) is 24.5 Å². The lowest BCUT2D eigenvalue weighted by Gasteiger charge is -2.26. The van der Waals surface area contributed by atoms with Gasteiger partial charge < -0.3 is 29.7 Å². The second-order valence-corrected chi connectivity index (χ2v) is 8.63. The summed E-state index contributed by atoms with van der Waals surface area (Å²) in [7, 11) is 3.01. The first-order chi connectivity index (χ1) is 19.1. The fourth-order valence-electron chi connectivity index (χ4n) is 3.68. The Kier molecular flexibility index (Phi) is 8.24. The lowest BCUT2D eigenvalue weighted by molar-refractivity contribution is 0.122. The van der Waals surface area contributed by atoms with E-state index in [1.165, 1.54) is 14.2 Å². The van der Waals surface area contributed by atoms with E-state index >= 15 is 0 Å². The molecule has 1 saturated heterocycles. The van der Waals surface area contributed by atoms with Crippen molar-refractivity contribution in [2.45, 2.75) is 0 Å². The molecule has 1 aliphatic rings. The van der Waals surface area contributed by atoms with Gasteiger partial charge in [0.05, 0.1) is 27.4 Å². The molecular weight excluding hydrogens is 522 g/mol. The zero-order chi connectivity index (χ0) is 27.0. The quantitative estimate of drug-likeness (QED) is 0.291. The van der Waals surface area contributed by atoms with Gasteiger partial charge in [-0.05, 0) is 47.0 Å². The molecule has 5 rings (SSSR count). The molecule has 2 N–H and O–H groups in total. The maximum Gasteiger partial charge on any atom is 0.322 e. The average Bonchev–Trinajstić information content (AvgIpc) is 2.97. The van der Waals surface area contributed by atoms with Crippen molar-refractivity contribution in [3.63, 3.8) is 0 Å². The van der Waals surface area contributed by atoms with Gasteiger partial charge in [0.1, 0.15) is 0 Å². The first-order valence-electron chi connectivity index (χ1n) is 12.1. The van der Waals surface area contributed by atoms with Crippen molar-refractivity contribution < 1.29 is 14.2 Å². The Bertz CT molecular complexity index is 1430. The van der Waals surface area contributed by atoms with E-state index in [-0.39, 0.29) is 17.3 Å². The number of methoxy groups -OCH3 is 2. The summed E-state index contributed by atoms with van der Waals surface area (Å²) in [6, 6.07) is 16.1. The molecule has 0 unspecified atom stereocenters. The van der Waals surface area contributed by atoms with Crippen LogP contribution in [0.3, 0.4) is 0 Å². The maximum absolute atomic E-state index is 5.90. The van der Waals surface area contributed by atoms with E-state index in [0.717, 1.165) is 35.6 Å². The minimum Gasteiger partial charge on any atom is -0.467 e. The van der Waals surface area contributed by atoms with Gasteiger partial charge in [0.15, 0.2) is 0 Å². The Balaban J connectivity index is 1.21. The normalized spacial score (nSPS) is 13.4. The molecule has 200 valence electrons. The van der Waals surface area contributed by atoms with E-state index in [0.29, 0.717) is 31.1 Å². The van der Waals surface area contributed by atoms with Gasteiger partial charge in [0.25, 0.3) is 0 Å². The zero-order valence-electron chi connectivity index (χ0n) is 21.3. The summed E-state index contributed by atoms with van der Waals surface area (Å²) in [5.41, 5.74) is 3.72. The van der Waals surface area contributed by atoms with Crippen LogP contribution >= 0.6 is 11.6 Å². The first kappa shape index (κ1) is 26.1. The SMILES string of the molecule is COc1nc(Cl)nc(Nc2ccc(C=Cc3ccc(Nc4nc(OC)nc(N5CCOCC5)n4)cc3)cc2)n1. The van der Waals surface area contributed by atoms with Gasteiger partial charge in [-0.15, -0.1) is 0 Å². The molecule has 39 heavy (non-hydrogen) atoms. The van der Waals surface area contributed by atoms with Crippen molar-refractivity contribution in [1.29, 1.82) is 0 Å². The van der Waals surface area contributed by atoms with Gasteiger partial charge in [-0.1, -0.05) is 36.4 Å². The van der Waals surface area contributed by atoms with Crippen LogP contribution in [0.4, 0.5) is 29.2 Å². The molecule has 2 aromatic carbocycles. The summed E-state index contributed by atoms with van der Waals surface area (Å²) in [4.78, 5) is 27.4. The first-order valence-corrected chi connectivity index (χ1v) is 12.5. The number of ether oxygens (including phenoxy) is 3. The van der Waals surface area contributed by atoms with Gasteiger partial charge in [-0.3, -0.25) is 0 Å². The lowest BCUT2D eigenvalue weighted by Crippen LogP contribution is -2.37. The van der Waals surface area contributed by atoms with E-state index in [2.05, 4.69) is 45.4 Å². The predicted molar refractivity (Wildman–Crippen MR) is 149 cm³/mol. The predicted octanol–water partition coefficient (Wildman–Crippen LogP) is 4.22. The van der Waals surface area contributed by atoms with Crippen LogP contribution in [-0.4, -0.2) is 70.4 Å². The summed E-state index contributed by atoms with van der Waals surface area (Å²) >= 11 is 5.90. The third-order valence-corrected chi connectivity index (χ3v) is 5.82. The Morgan fingerprint density at radius 1 is 0.718 bits per heavy atom. The number of aromatic nitrogens is 6. The van der Waals surface area contributed by atoms with E-state index < -0.39 is 0 Å². The van der Waals surface area contributed by atoms with E-state index in [9.17, 15) is 0 Å². The number of rotatable bonds is 9. The van der Waals surface area contributed by atoms with Crippen molar-refractivity contribution >= 4 is 53.0 Å². The number of hydrogen-bond acceptors (Lipinski definition) is 12. The molecule has 2 aromatic heterocycles. The van der Waals surface area contributed by atoms with Crippen molar-refractivity contribution in [2.75, 3.05) is 56.1 Å². The number of morpholine rings is 1. The molecule has 0 saturated carbocycles. The molecular formula is C26H26ClN9O3. The third-order valence-electron chi connectivity index (χ3n) is 5.65. The molecule has 0 atom stereocenters. The number of hydrogen-bond donors (Lipinski definition) is 2. The highest BCUT2D eigenvalue weighted by Crippen LogP contribution is 2.21. The standard InChI is InChI=1S/C26H26ClN9O3/c1-37-25-31-21(27)30-22(33-25)28-19-9-5-17(6-10-19)3-4-18-7-11-20(12-8-18)29-23-32-24(35-26(34-23)38-2)36-13-15-39-16-14-36/h3-12H,13-16H2,1-2H3,(H,28,30,31,33)(H,29,32,34,35). The molecule has 1 fully saturated rings. The van der Waals surface area contributed by atoms with Crippen LogP contribution in [0.2, 0.25) is 5.28 Å². The molecule has 1 aliphatic heterocycles. The van der Waals surface area contributed by atoms with E-state index in [4.69, 9.17) is 25.8 Å². The second kappa shape index (κ2) is 12.3. The van der Waals surface area contributed by atoms with Gasteiger partial charge in [-0.2, -0.15) is 29.9 Å². The zero-order valence-corrected chi connectivity index (χ0v) is 22.1. The van der Waals surface area contributed by atoms with Crippen LogP contribution in [0.5, 0.6) is 12.0 Å². The summed E-state index contributed by atoms with van der Waals surface area (Å²) in [6.07, 6.45) is 4.06. The molecule has 4 aromatic rings. The number of nitrogens with one attached hydrogen (secondary N) is 2. The lowest BCUT2D eigenvalue weighted by atomic mass is 10.1. The largest absolute Gasteiger partial charge is 0.467 e. The van der Waals surface area contributed by atoms with Crippen molar-refractivity contribution in [3.05, 3.63) is 64.9 Å². The van der Waals surface area contributed by atoms with Crippen LogP contribution in [0.1, 0.15) is 11.1 Å². The monoisotopic (exact) mass is 547 g/mol. The van der Waals surface area contributed by atoms with Crippen LogP contribution < -0.4 is 25.0 Å². The van der Waals surface area contributed by atoms with Gasteiger partial charge in [0.2, 0.25) is 23.1 Å². The van der Waals surface area contributed by atoms with Gasteiger partial charge >= 0.3 is 12.0 Å². The molecule has 0 bridgehead atoms. The minimum absolute atomic E-state index is 0.0518. The van der Waals surface area contributed by atoms with E-state index in [1.54, 1.807) is 0 Å². The summed E-state index contributed by atoms with van der Waals surface area (Å²) < 4.78 is 15.7. The molecule has 0 aliphatic carbocycles. The van der Waals surface area contributed by atoms with Crippen molar-refractivity contribution in [1.82, 2.24) is 29.9 Å². The molecule has 3 heterocycles. The third kappa shape index (κ3) is 7.06. The van der Waals surface area contributed by atoms with E-state index in [1.807, 2.05) is 60.7 Å². The van der Waals surface area contributed by atoms with Gasteiger partial charge in [-0.25, -0.2) is 0 Å². The molecule has 12 nitrogen and oxygen atoms in total. The maximum atomic E-state index is 5.90. The summed E-state index contributed by atoms with van der Waals surface area (Å²) in [5.74, 6) is 1.28. The highest BCUT2D eigenvalue weighted by atomic mass is 35.5. The topological polar surface area (TPSA) is 132 Å². The summed E-state index contributed by atoms with van der Waals surface area (Å²) in [6.45, 7) is 2.71. The molecule has 0 spiro atoms. The highest BCUT2D eigenvalue weighted by molar-refractivity contribution is 6.28. The van der Waals surface area contributed by atoms with Crippen LogP contribution in [-0.2, 0) is 4.74 Å². The second-order valence-electron chi connectivity index (χ2n) is 8.29. The fourth-order valence-corrected chi connectivity index (χ4v) is 3.84. The smallest absolute Gasteiger partial charge is 0.322 e. The fraction of sp³-hybridized carbons (Fsp3) is 0.231. The minimum atomic E-state index is 0.0518. The number of halogens is 1. The number of benzene rings is 2. The Hall–Kier alpha value is -4.55. The van der Waals surface area contributed by atoms with Crippen LogP contribution in [0.25, 0.3) is 12.2 Å². The van der Waals surface area contributed by atoms with Crippen LogP contribution in [0, 0.1) is 0 Å². The highest BCUT2D eigenvalue weighted by Gasteiger charge is 2.17. The molecule has 0 amide bonds. The Labute approximate surface area is 230 Å². The van der Waals surface area contributed by atoms with Crippen LogP contribution in [0.15, 0.2) is 48.5 Å². The molecule has 0 radical (unpaired) electrons. The number of nitrogens with zero attached hydrogens (tertiary/aromatic N) is 7. The Morgan fingerprint density at radius 3 is 1.77 bits per heavy atom. The number of anilines is 5.